The Labute approximate surface area is 127 Å². The fourth-order valence-electron chi connectivity index (χ4n) is 1.78. The fraction of sp³-hybridized carbons (Fsp3) is 0.125. The van der Waals surface area contributed by atoms with Crippen LogP contribution in [0.15, 0.2) is 48.5 Å². The molecule has 0 aliphatic carbocycles. The number of hydrogen-bond acceptors (Lipinski definition) is 3. The molecule has 2 N–H and O–H groups in total. The quantitative estimate of drug-likeness (QED) is 0.864. The molecule has 0 bridgehead atoms. The Morgan fingerprint density at radius 3 is 2.43 bits per heavy atom. The molecule has 0 fully saturated rings. The SMILES string of the molecule is CC(Oc1ccc(Cl)cc1C(=O)c1ccccc1)C(N)=O. The number of nitrogens with two attached hydrogens (primary N) is 1. The van der Waals surface area contributed by atoms with Gasteiger partial charge in [-0.1, -0.05) is 41.9 Å². The van der Waals surface area contributed by atoms with E-state index in [1.54, 1.807) is 36.4 Å². The Bertz CT molecular complexity index is 670. The molecule has 2 aromatic carbocycles. The second-order valence-corrected chi connectivity index (χ2v) is 4.93. The van der Waals surface area contributed by atoms with E-state index < -0.39 is 12.0 Å². The number of rotatable bonds is 5. The second kappa shape index (κ2) is 6.41. The second-order valence-electron chi connectivity index (χ2n) is 4.50. The van der Waals surface area contributed by atoms with Gasteiger partial charge in [0.1, 0.15) is 5.75 Å². The van der Waals surface area contributed by atoms with Gasteiger partial charge in [-0.25, -0.2) is 0 Å². The maximum Gasteiger partial charge on any atom is 0.258 e. The maximum atomic E-state index is 12.5. The Kier molecular flexibility index (Phi) is 4.60. The molecule has 21 heavy (non-hydrogen) atoms. The summed E-state index contributed by atoms with van der Waals surface area (Å²) in [7, 11) is 0. The third-order valence-corrected chi connectivity index (χ3v) is 3.16. The van der Waals surface area contributed by atoms with Crippen molar-refractivity contribution < 1.29 is 14.3 Å². The molecule has 1 unspecified atom stereocenters. The van der Waals surface area contributed by atoms with Crippen LogP contribution < -0.4 is 10.5 Å². The van der Waals surface area contributed by atoms with Crippen LogP contribution in [0, 0.1) is 0 Å². The molecule has 0 aliphatic heterocycles. The molecular weight excluding hydrogens is 290 g/mol. The van der Waals surface area contributed by atoms with Gasteiger partial charge in [-0.05, 0) is 25.1 Å². The lowest BCUT2D eigenvalue weighted by molar-refractivity contribution is -0.124. The summed E-state index contributed by atoms with van der Waals surface area (Å²) in [5, 5.41) is 0.411. The Hall–Kier alpha value is -2.33. The maximum absolute atomic E-state index is 12.5. The summed E-state index contributed by atoms with van der Waals surface area (Å²) in [6.45, 7) is 1.52. The predicted molar refractivity (Wildman–Crippen MR) is 80.6 cm³/mol. The third kappa shape index (κ3) is 3.61. The highest BCUT2D eigenvalue weighted by Gasteiger charge is 2.18. The monoisotopic (exact) mass is 303 g/mol. The smallest absolute Gasteiger partial charge is 0.258 e. The summed E-state index contributed by atoms with van der Waals surface area (Å²) in [4.78, 5) is 23.6. The topological polar surface area (TPSA) is 69.4 Å². The Morgan fingerprint density at radius 2 is 1.81 bits per heavy atom. The molecule has 0 saturated heterocycles. The Morgan fingerprint density at radius 1 is 1.14 bits per heavy atom. The minimum Gasteiger partial charge on any atom is -0.480 e. The molecule has 1 amide bonds. The lowest BCUT2D eigenvalue weighted by atomic mass is 10.0. The Balaban J connectivity index is 2.40. The highest BCUT2D eigenvalue weighted by molar-refractivity contribution is 6.31. The molecular formula is C16H14ClNO3. The van der Waals surface area contributed by atoms with E-state index in [4.69, 9.17) is 22.1 Å². The number of ether oxygens (including phenoxy) is 1. The first kappa shape index (κ1) is 15.1. The molecule has 108 valence electrons. The van der Waals surface area contributed by atoms with Gasteiger partial charge in [0.15, 0.2) is 11.9 Å². The third-order valence-electron chi connectivity index (χ3n) is 2.93. The summed E-state index contributed by atoms with van der Waals surface area (Å²) in [6, 6.07) is 13.4. The first-order chi connectivity index (χ1) is 9.99. The normalized spacial score (nSPS) is 11.7. The summed E-state index contributed by atoms with van der Waals surface area (Å²) >= 11 is 5.95. The van der Waals surface area contributed by atoms with Crippen molar-refractivity contribution >= 4 is 23.3 Å². The molecule has 0 aliphatic rings. The zero-order chi connectivity index (χ0) is 15.4. The fourth-order valence-corrected chi connectivity index (χ4v) is 1.95. The van der Waals surface area contributed by atoms with Gasteiger partial charge in [0.25, 0.3) is 5.91 Å². The van der Waals surface area contributed by atoms with Gasteiger partial charge >= 0.3 is 0 Å². The summed E-state index contributed by atoms with van der Waals surface area (Å²) in [5.41, 5.74) is 5.98. The van der Waals surface area contributed by atoms with Crippen molar-refractivity contribution in [2.75, 3.05) is 0 Å². The van der Waals surface area contributed by atoms with Crippen LogP contribution in [-0.2, 0) is 4.79 Å². The van der Waals surface area contributed by atoms with E-state index in [-0.39, 0.29) is 11.5 Å². The molecule has 0 aromatic heterocycles. The number of ketones is 1. The molecule has 0 saturated carbocycles. The van der Waals surface area contributed by atoms with Crippen LogP contribution in [0.3, 0.4) is 0 Å². The molecule has 4 nitrogen and oxygen atoms in total. The zero-order valence-electron chi connectivity index (χ0n) is 11.4. The van der Waals surface area contributed by atoms with E-state index >= 15 is 0 Å². The van der Waals surface area contributed by atoms with E-state index in [1.165, 1.54) is 13.0 Å². The lowest BCUT2D eigenvalue weighted by Crippen LogP contribution is -2.31. The van der Waals surface area contributed by atoms with Gasteiger partial charge in [-0.15, -0.1) is 0 Å². The van der Waals surface area contributed by atoms with Crippen molar-refractivity contribution in [1.29, 1.82) is 0 Å². The van der Waals surface area contributed by atoms with Gasteiger partial charge in [-0.3, -0.25) is 9.59 Å². The molecule has 0 heterocycles. The van der Waals surface area contributed by atoms with Crippen molar-refractivity contribution in [3.63, 3.8) is 0 Å². The number of carbonyl (C=O) groups excluding carboxylic acids is 2. The number of carbonyl (C=O) groups is 2. The molecule has 5 heteroatoms. The average Bonchev–Trinajstić information content (AvgIpc) is 2.49. The minimum atomic E-state index is -0.839. The molecule has 0 radical (unpaired) electrons. The summed E-state index contributed by atoms with van der Waals surface area (Å²) < 4.78 is 5.45. The van der Waals surface area contributed by atoms with Crippen LogP contribution in [0.1, 0.15) is 22.8 Å². The van der Waals surface area contributed by atoms with E-state index in [0.29, 0.717) is 16.1 Å². The van der Waals surface area contributed by atoms with Crippen molar-refractivity contribution in [2.24, 2.45) is 5.73 Å². The van der Waals surface area contributed by atoms with Gasteiger partial charge in [0, 0.05) is 10.6 Å². The van der Waals surface area contributed by atoms with E-state index in [2.05, 4.69) is 0 Å². The summed E-state index contributed by atoms with van der Waals surface area (Å²) in [5.74, 6) is -0.563. The highest BCUT2D eigenvalue weighted by atomic mass is 35.5. The summed E-state index contributed by atoms with van der Waals surface area (Å²) in [6.07, 6.45) is -0.839. The average molecular weight is 304 g/mol. The molecule has 2 aromatic rings. The van der Waals surface area contributed by atoms with Crippen LogP contribution in [0.5, 0.6) is 5.75 Å². The first-order valence-corrected chi connectivity index (χ1v) is 6.72. The van der Waals surface area contributed by atoms with Gasteiger partial charge in [0.05, 0.1) is 5.56 Å². The van der Waals surface area contributed by atoms with Crippen molar-refractivity contribution in [3.8, 4) is 5.75 Å². The number of amides is 1. The molecule has 1 atom stereocenters. The van der Waals surface area contributed by atoms with Crippen molar-refractivity contribution in [2.45, 2.75) is 13.0 Å². The number of hydrogen-bond donors (Lipinski definition) is 1. The number of halogens is 1. The van der Waals surface area contributed by atoms with Crippen LogP contribution in [-0.4, -0.2) is 17.8 Å². The van der Waals surface area contributed by atoms with E-state index in [1.807, 2.05) is 6.07 Å². The van der Waals surface area contributed by atoms with Crippen molar-refractivity contribution in [3.05, 3.63) is 64.7 Å². The van der Waals surface area contributed by atoms with Crippen LogP contribution in [0.4, 0.5) is 0 Å². The number of benzene rings is 2. The largest absolute Gasteiger partial charge is 0.480 e. The predicted octanol–water partition coefficient (Wildman–Crippen LogP) is 2.82. The molecule has 2 rings (SSSR count). The standard InChI is InChI=1S/C16H14ClNO3/c1-10(16(18)20)21-14-8-7-12(17)9-13(14)15(19)11-5-3-2-4-6-11/h2-10H,1H3,(H2,18,20). The zero-order valence-corrected chi connectivity index (χ0v) is 12.1. The minimum absolute atomic E-state index is 0.232. The van der Waals surface area contributed by atoms with Gasteiger partial charge in [-0.2, -0.15) is 0 Å². The van der Waals surface area contributed by atoms with Gasteiger partial charge in [0.2, 0.25) is 0 Å². The highest BCUT2D eigenvalue weighted by Crippen LogP contribution is 2.26. The van der Waals surface area contributed by atoms with E-state index in [9.17, 15) is 9.59 Å². The van der Waals surface area contributed by atoms with E-state index in [0.717, 1.165) is 0 Å². The number of primary amides is 1. The van der Waals surface area contributed by atoms with Crippen LogP contribution in [0.25, 0.3) is 0 Å². The van der Waals surface area contributed by atoms with Crippen LogP contribution in [0.2, 0.25) is 5.02 Å². The van der Waals surface area contributed by atoms with Gasteiger partial charge < -0.3 is 10.5 Å². The lowest BCUT2D eigenvalue weighted by Gasteiger charge is -2.15. The molecule has 0 spiro atoms. The first-order valence-electron chi connectivity index (χ1n) is 6.34. The van der Waals surface area contributed by atoms with Crippen LogP contribution >= 0.6 is 11.6 Å². The van der Waals surface area contributed by atoms with Crippen molar-refractivity contribution in [1.82, 2.24) is 0 Å².